The summed E-state index contributed by atoms with van der Waals surface area (Å²) in [6.07, 6.45) is 9.76. The predicted octanol–water partition coefficient (Wildman–Crippen LogP) is 8.78. The first-order valence-corrected chi connectivity index (χ1v) is 20.4. The molecular formula is C47H57N3O7. The van der Waals surface area contributed by atoms with E-state index in [4.69, 9.17) is 19.0 Å². The quantitative estimate of drug-likeness (QED) is 0.0745. The number of rotatable bonds is 18. The van der Waals surface area contributed by atoms with Gasteiger partial charge in [0.2, 0.25) is 5.79 Å². The largest absolute Gasteiger partial charge is 0.459 e. The minimum Gasteiger partial charge on any atom is -0.459 e. The number of oxime groups is 1. The molecule has 0 aromatic heterocycles. The van der Waals surface area contributed by atoms with E-state index >= 15 is 0 Å². The van der Waals surface area contributed by atoms with Crippen molar-refractivity contribution < 1.29 is 34.1 Å². The highest BCUT2D eigenvalue weighted by molar-refractivity contribution is 6.03. The number of ether oxygens (including phenoxy) is 3. The molecule has 3 aliphatic rings. The standard InChI is InChI=1S/C47H57N3O7/c1-6-22-50(46(53)34-17-15-33(30-48)16-18-34)43-29-41(49-54-5)39-27-35(12-8-10-23-51)38(13-9-11-24-52)44-40-28-37(56-36-19-14-31(3)32(4)26-36)20-21-42(40)57-47(43,45(39)44)55-25-7-2/h7,14-21,26-28,35,38,43-45,51-52H,2,6,8-13,22-25,29H2,1,3-5H3. The van der Waals surface area contributed by atoms with Crippen LogP contribution in [0, 0.1) is 42.9 Å². The molecule has 57 heavy (non-hydrogen) atoms. The first-order valence-electron chi connectivity index (χ1n) is 20.4. The lowest BCUT2D eigenvalue weighted by Gasteiger charge is -2.60. The maximum Gasteiger partial charge on any atom is 0.254 e. The summed E-state index contributed by atoms with van der Waals surface area (Å²) >= 11 is 0. The number of amides is 1. The van der Waals surface area contributed by atoms with E-state index < -0.39 is 17.7 Å². The number of nitrogens with zero attached hydrogens (tertiary/aromatic N) is 3. The number of nitriles is 1. The Morgan fingerprint density at radius 3 is 2.40 bits per heavy atom. The van der Waals surface area contributed by atoms with Gasteiger partial charge >= 0.3 is 0 Å². The summed E-state index contributed by atoms with van der Waals surface area (Å²) in [6.45, 7) is 11.0. The van der Waals surface area contributed by atoms with Gasteiger partial charge in [0.25, 0.3) is 5.91 Å². The molecule has 0 spiro atoms. The molecule has 2 N–H and O–H groups in total. The van der Waals surface area contributed by atoms with Crippen LogP contribution < -0.4 is 9.47 Å². The van der Waals surface area contributed by atoms with E-state index in [1.807, 2.05) is 36.1 Å². The fourth-order valence-electron chi connectivity index (χ4n) is 9.23. The number of aliphatic hydroxyl groups is 2. The number of fused-ring (bicyclic) bond motifs is 2. The molecule has 1 aliphatic heterocycles. The molecule has 10 nitrogen and oxygen atoms in total. The molecule has 1 heterocycles. The highest BCUT2D eigenvalue weighted by Crippen LogP contribution is 2.62. The molecule has 1 saturated carbocycles. The van der Waals surface area contributed by atoms with E-state index in [-0.39, 0.29) is 43.5 Å². The Bertz CT molecular complexity index is 1990. The summed E-state index contributed by atoms with van der Waals surface area (Å²) in [6, 6.07) is 20.3. The van der Waals surface area contributed by atoms with Gasteiger partial charge in [-0.05, 0) is 129 Å². The molecule has 0 radical (unpaired) electrons. The number of unbranched alkanes of at least 4 members (excludes halogenated alkanes) is 2. The Morgan fingerprint density at radius 1 is 1.02 bits per heavy atom. The minimum atomic E-state index is -1.36. The van der Waals surface area contributed by atoms with Crippen LogP contribution in [0.4, 0.5) is 0 Å². The topological polar surface area (TPSA) is 134 Å². The fraction of sp³-hybridized carbons (Fsp3) is 0.468. The lowest BCUT2D eigenvalue weighted by molar-refractivity contribution is -0.254. The molecule has 302 valence electrons. The Hall–Kier alpha value is -4.95. The van der Waals surface area contributed by atoms with Crippen molar-refractivity contribution >= 4 is 11.6 Å². The zero-order chi connectivity index (χ0) is 40.5. The second-order valence-electron chi connectivity index (χ2n) is 15.5. The number of allylic oxidation sites excluding steroid dienone is 1. The van der Waals surface area contributed by atoms with Crippen molar-refractivity contribution in [3.63, 3.8) is 0 Å². The van der Waals surface area contributed by atoms with Crippen molar-refractivity contribution in [2.45, 2.75) is 89.9 Å². The molecule has 0 saturated heterocycles. The van der Waals surface area contributed by atoms with Gasteiger partial charge in [-0.3, -0.25) is 4.79 Å². The van der Waals surface area contributed by atoms with Crippen molar-refractivity contribution in [3.8, 4) is 23.3 Å². The Kier molecular flexibility index (Phi) is 13.9. The first-order chi connectivity index (χ1) is 27.7. The van der Waals surface area contributed by atoms with Gasteiger partial charge in [0.1, 0.15) is 30.4 Å². The highest BCUT2D eigenvalue weighted by atomic mass is 16.7. The van der Waals surface area contributed by atoms with Gasteiger partial charge in [0, 0.05) is 43.2 Å². The third-order valence-corrected chi connectivity index (χ3v) is 11.9. The van der Waals surface area contributed by atoms with E-state index in [1.165, 1.54) is 5.56 Å². The number of hydrogen-bond acceptors (Lipinski definition) is 9. The summed E-state index contributed by atoms with van der Waals surface area (Å²) in [5.41, 5.74) is 5.96. The molecule has 3 aromatic carbocycles. The van der Waals surface area contributed by atoms with Crippen LogP contribution in [0.25, 0.3) is 0 Å². The van der Waals surface area contributed by atoms with Crippen molar-refractivity contribution in [2.24, 2.45) is 22.9 Å². The first kappa shape index (κ1) is 41.7. The lowest BCUT2D eigenvalue weighted by Crippen LogP contribution is -2.70. The van der Waals surface area contributed by atoms with Gasteiger partial charge in [0.05, 0.1) is 29.9 Å². The molecule has 10 heteroatoms. The van der Waals surface area contributed by atoms with Gasteiger partial charge < -0.3 is 34.2 Å². The molecule has 0 bridgehead atoms. The van der Waals surface area contributed by atoms with Crippen LogP contribution in [-0.2, 0) is 9.57 Å². The zero-order valence-corrected chi connectivity index (χ0v) is 33.8. The van der Waals surface area contributed by atoms with E-state index in [2.05, 4.69) is 49.9 Å². The van der Waals surface area contributed by atoms with Crippen LogP contribution in [0.5, 0.6) is 17.2 Å². The van der Waals surface area contributed by atoms with Gasteiger partial charge in [0.15, 0.2) is 0 Å². The van der Waals surface area contributed by atoms with Crippen LogP contribution in [0.1, 0.15) is 96.8 Å². The van der Waals surface area contributed by atoms with E-state index in [9.17, 15) is 20.3 Å². The van der Waals surface area contributed by atoms with Crippen LogP contribution >= 0.6 is 0 Å². The summed E-state index contributed by atoms with van der Waals surface area (Å²) < 4.78 is 20.9. The lowest BCUT2D eigenvalue weighted by atomic mass is 9.55. The number of benzene rings is 3. The maximum atomic E-state index is 14.7. The molecule has 2 aliphatic carbocycles. The zero-order valence-electron chi connectivity index (χ0n) is 33.8. The molecular weight excluding hydrogens is 719 g/mol. The number of aryl methyl sites for hydroxylation is 2. The summed E-state index contributed by atoms with van der Waals surface area (Å²) in [5, 5.41) is 33.9. The number of aliphatic hydroxyl groups excluding tert-OH is 2. The number of carbonyl (C=O) groups excluding carboxylic acids is 1. The van der Waals surface area contributed by atoms with Crippen LogP contribution in [0.3, 0.4) is 0 Å². The van der Waals surface area contributed by atoms with Crippen LogP contribution in [0.15, 0.2) is 90.1 Å². The van der Waals surface area contributed by atoms with E-state index in [0.717, 1.165) is 53.8 Å². The normalized spacial score (nSPS) is 24.0. The van der Waals surface area contributed by atoms with Gasteiger partial charge in [-0.25, -0.2) is 0 Å². The smallest absolute Gasteiger partial charge is 0.254 e. The molecule has 3 aromatic rings. The third kappa shape index (κ3) is 8.67. The third-order valence-electron chi connectivity index (χ3n) is 11.9. The molecule has 1 fully saturated rings. The van der Waals surface area contributed by atoms with Crippen LogP contribution in [0.2, 0.25) is 0 Å². The molecule has 6 rings (SSSR count). The average molecular weight is 776 g/mol. The SMILES string of the molecule is C=CCOC12Oc3ccc(Oc4ccc(C)c(C)c4)cc3C3C(CCCCO)C(CCCCO)C=C(C(=NOC)CC1N(CCC)C(=O)c1ccc(C#N)cc1)C32. The summed E-state index contributed by atoms with van der Waals surface area (Å²) in [5.74, 6) is 0.151. The Balaban J connectivity index is 1.58. The molecule has 6 unspecified atom stereocenters. The highest BCUT2D eigenvalue weighted by Gasteiger charge is 2.65. The second-order valence-corrected chi connectivity index (χ2v) is 15.5. The minimum absolute atomic E-state index is 0.0895. The van der Waals surface area contributed by atoms with Gasteiger partial charge in [-0.15, -0.1) is 6.58 Å². The number of carbonyl (C=O) groups is 1. The summed E-state index contributed by atoms with van der Waals surface area (Å²) in [7, 11) is 1.55. The van der Waals surface area contributed by atoms with E-state index in [1.54, 1.807) is 37.5 Å². The molecule has 6 atom stereocenters. The molecule has 1 amide bonds. The predicted molar refractivity (Wildman–Crippen MR) is 220 cm³/mol. The monoisotopic (exact) mass is 775 g/mol. The Morgan fingerprint density at radius 2 is 1.74 bits per heavy atom. The maximum absolute atomic E-state index is 14.7. The van der Waals surface area contributed by atoms with Gasteiger partial charge in [-0.2, -0.15) is 5.26 Å². The van der Waals surface area contributed by atoms with Crippen molar-refractivity contribution in [3.05, 3.63) is 113 Å². The van der Waals surface area contributed by atoms with E-state index in [0.29, 0.717) is 54.9 Å². The second kappa shape index (κ2) is 19.0. The Labute approximate surface area is 337 Å². The fourth-order valence-corrected chi connectivity index (χ4v) is 9.23. The average Bonchev–Trinajstić information content (AvgIpc) is 3.22. The van der Waals surface area contributed by atoms with Gasteiger partial charge in [-0.1, -0.05) is 43.1 Å². The van der Waals surface area contributed by atoms with Crippen LogP contribution in [-0.4, -0.2) is 72.0 Å². The van der Waals surface area contributed by atoms with Crippen molar-refractivity contribution in [1.82, 2.24) is 4.90 Å². The van der Waals surface area contributed by atoms with Crippen molar-refractivity contribution in [1.29, 1.82) is 5.26 Å². The number of hydrogen-bond donors (Lipinski definition) is 2. The summed E-state index contributed by atoms with van der Waals surface area (Å²) in [4.78, 5) is 22.2. The van der Waals surface area contributed by atoms with Crippen molar-refractivity contribution in [2.75, 3.05) is 33.5 Å².